The largest absolute Gasteiger partial charge is 0.324 e. The van der Waals surface area contributed by atoms with Gasteiger partial charge < -0.3 is 4.90 Å². The maximum atomic E-state index is 12.7. The van der Waals surface area contributed by atoms with E-state index in [1.54, 1.807) is 0 Å². The normalized spacial score (nSPS) is 22.5. The Bertz CT molecular complexity index is 563. The fraction of sp³-hybridized carbons (Fsp3) is 0.632. The minimum atomic E-state index is 0.225. The standard InChI is InChI=1S/C19H26N2O/c22-19-20(14-15-5-2-1-3-6-15)11-12-21(19)18-10-9-16-7-4-8-17(16)13-18/h9-10,13,15H,1-8,11-12,14H2. The molecular formula is C19H26N2O. The number of carbonyl (C=O) groups is 1. The van der Waals surface area contributed by atoms with Gasteiger partial charge in [-0.3, -0.25) is 4.90 Å². The molecular weight excluding hydrogens is 272 g/mol. The zero-order valence-electron chi connectivity index (χ0n) is 13.4. The lowest BCUT2D eigenvalue weighted by atomic mass is 9.89. The number of aryl methyl sites for hydroxylation is 2. The highest BCUT2D eigenvalue weighted by atomic mass is 16.2. The molecule has 0 bridgehead atoms. The number of urea groups is 1. The van der Waals surface area contributed by atoms with Gasteiger partial charge in [-0.25, -0.2) is 4.79 Å². The smallest absolute Gasteiger partial charge is 0.322 e. The van der Waals surface area contributed by atoms with E-state index in [0.717, 1.165) is 31.2 Å². The predicted molar refractivity (Wildman–Crippen MR) is 89.4 cm³/mol. The molecule has 0 unspecified atom stereocenters. The van der Waals surface area contributed by atoms with Crippen molar-refractivity contribution in [1.29, 1.82) is 0 Å². The van der Waals surface area contributed by atoms with Gasteiger partial charge in [0.25, 0.3) is 0 Å². The van der Waals surface area contributed by atoms with E-state index in [-0.39, 0.29) is 6.03 Å². The first-order valence-corrected chi connectivity index (χ1v) is 8.99. The van der Waals surface area contributed by atoms with Crippen LogP contribution in [0.3, 0.4) is 0 Å². The summed E-state index contributed by atoms with van der Waals surface area (Å²) >= 11 is 0. The molecule has 2 aliphatic carbocycles. The van der Waals surface area contributed by atoms with Crippen molar-refractivity contribution in [3.05, 3.63) is 29.3 Å². The Morgan fingerprint density at radius 3 is 2.64 bits per heavy atom. The Morgan fingerprint density at radius 2 is 1.77 bits per heavy atom. The molecule has 0 spiro atoms. The van der Waals surface area contributed by atoms with Crippen LogP contribution in [0.5, 0.6) is 0 Å². The van der Waals surface area contributed by atoms with Crippen molar-refractivity contribution in [2.75, 3.05) is 24.5 Å². The first kappa shape index (κ1) is 14.1. The van der Waals surface area contributed by atoms with Gasteiger partial charge >= 0.3 is 6.03 Å². The monoisotopic (exact) mass is 298 g/mol. The van der Waals surface area contributed by atoms with Crippen molar-refractivity contribution in [3.8, 4) is 0 Å². The highest BCUT2D eigenvalue weighted by molar-refractivity contribution is 5.94. The molecule has 0 N–H and O–H groups in total. The summed E-state index contributed by atoms with van der Waals surface area (Å²) in [7, 11) is 0. The summed E-state index contributed by atoms with van der Waals surface area (Å²) in [6, 6.07) is 6.86. The highest BCUT2D eigenvalue weighted by Gasteiger charge is 2.31. The lowest BCUT2D eigenvalue weighted by Gasteiger charge is -2.27. The fourth-order valence-corrected chi connectivity index (χ4v) is 4.40. The number of anilines is 1. The number of benzene rings is 1. The number of amides is 2. The molecule has 0 aromatic heterocycles. The number of nitrogens with zero attached hydrogens (tertiary/aromatic N) is 2. The van der Waals surface area contributed by atoms with E-state index >= 15 is 0 Å². The van der Waals surface area contributed by atoms with Crippen LogP contribution in [-0.4, -0.2) is 30.6 Å². The van der Waals surface area contributed by atoms with Gasteiger partial charge in [0.05, 0.1) is 0 Å². The van der Waals surface area contributed by atoms with Crippen LogP contribution in [0.2, 0.25) is 0 Å². The zero-order chi connectivity index (χ0) is 14.9. The highest BCUT2D eigenvalue weighted by Crippen LogP contribution is 2.30. The van der Waals surface area contributed by atoms with Gasteiger partial charge in [0.1, 0.15) is 0 Å². The summed E-state index contributed by atoms with van der Waals surface area (Å²) < 4.78 is 0. The van der Waals surface area contributed by atoms with Crippen molar-refractivity contribution in [2.45, 2.75) is 51.4 Å². The summed E-state index contributed by atoms with van der Waals surface area (Å²) in [5.41, 5.74) is 4.04. The Hall–Kier alpha value is -1.51. The molecule has 1 heterocycles. The maximum Gasteiger partial charge on any atom is 0.324 e. The second-order valence-electron chi connectivity index (χ2n) is 7.19. The molecule has 3 nitrogen and oxygen atoms in total. The number of carbonyl (C=O) groups excluding carboxylic acids is 1. The molecule has 1 aromatic rings. The molecule has 118 valence electrons. The number of fused-ring (bicyclic) bond motifs is 1. The Morgan fingerprint density at radius 1 is 0.955 bits per heavy atom. The Balaban J connectivity index is 1.44. The van der Waals surface area contributed by atoms with Crippen LogP contribution < -0.4 is 4.90 Å². The maximum absolute atomic E-state index is 12.7. The van der Waals surface area contributed by atoms with Crippen LogP contribution in [0.1, 0.15) is 49.7 Å². The van der Waals surface area contributed by atoms with Gasteiger partial charge in [-0.1, -0.05) is 25.3 Å². The van der Waals surface area contributed by atoms with E-state index in [1.165, 1.54) is 62.5 Å². The van der Waals surface area contributed by atoms with Crippen molar-refractivity contribution in [3.63, 3.8) is 0 Å². The lowest BCUT2D eigenvalue weighted by molar-refractivity contribution is 0.202. The molecule has 0 radical (unpaired) electrons. The first-order valence-electron chi connectivity index (χ1n) is 8.99. The van der Waals surface area contributed by atoms with E-state index in [0.29, 0.717) is 0 Å². The summed E-state index contributed by atoms with van der Waals surface area (Å²) in [5, 5.41) is 0. The molecule has 4 rings (SSSR count). The Labute approximate surface area is 133 Å². The van der Waals surface area contributed by atoms with E-state index in [2.05, 4.69) is 23.1 Å². The van der Waals surface area contributed by atoms with E-state index < -0.39 is 0 Å². The molecule has 1 saturated heterocycles. The van der Waals surface area contributed by atoms with Crippen LogP contribution in [0, 0.1) is 5.92 Å². The van der Waals surface area contributed by atoms with Gasteiger partial charge in [-0.15, -0.1) is 0 Å². The van der Waals surface area contributed by atoms with E-state index in [9.17, 15) is 4.79 Å². The molecule has 2 amide bonds. The number of hydrogen-bond donors (Lipinski definition) is 0. The summed E-state index contributed by atoms with van der Waals surface area (Å²) in [4.78, 5) is 16.8. The molecule has 22 heavy (non-hydrogen) atoms. The van der Waals surface area contributed by atoms with Gasteiger partial charge in [-0.2, -0.15) is 0 Å². The lowest BCUT2D eigenvalue weighted by Crippen LogP contribution is -2.35. The molecule has 1 saturated carbocycles. The van der Waals surface area contributed by atoms with Crippen LogP contribution in [0.15, 0.2) is 18.2 Å². The second-order valence-corrected chi connectivity index (χ2v) is 7.19. The van der Waals surface area contributed by atoms with Crippen LogP contribution >= 0.6 is 0 Å². The van der Waals surface area contributed by atoms with Crippen LogP contribution in [0.25, 0.3) is 0 Å². The molecule has 3 aliphatic rings. The molecule has 1 aliphatic heterocycles. The molecule has 1 aromatic carbocycles. The minimum Gasteiger partial charge on any atom is -0.322 e. The van der Waals surface area contributed by atoms with E-state index in [4.69, 9.17) is 0 Å². The van der Waals surface area contributed by atoms with Crippen molar-refractivity contribution in [2.24, 2.45) is 5.92 Å². The molecule has 0 atom stereocenters. The summed E-state index contributed by atoms with van der Waals surface area (Å²) in [5.74, 6) is 0.734. The van der Waals surface area contributed by atoms with Gasteiger partial charge in [-0.05, 0) is 61.3 Å². The predicted octanol–water partition coefficient (Wildman–Crippen LogP) is 4.00. The fourth-order valence-electron chi connectivity index (χ4n) is 4.40. The third-order valence-corrected chi connectivity index (χ3v) is 5.69. The number of rotatable bonds is 3. The Kier molecular flexibility index (Phi) is 3.81. The third kappa shape index (κ3) is 2.62. The third-order valence-electron chi connectivity index (χ3n) is 5.69. The first-order chi connectivity index (χ1) is 10.8. The van der Waals surface area contributed by atoms with Gasteiger partial charge in [0.15, 0.2) is 0 Å². The van der Waals surface area contributed by atoms with Crippen molar-refractivity contribution >= 4 is 11.7 Å². The van der Waals surface area contributed by atoms with E-state index in [1.807, 2.05) is 4.90 Å². The van der Waals surface area contributed by atoms with Crippen molar-refractivity contribution < 1.29 is 4.79 Å². The average molecular weight is 298 g/mol. The second kappa shape index (κ2) is 5.94. The minimum absolute atomic E-state index is 0.225. The quantitative estimate of drug-likeness (QED) is 0.827. The summed E-state index contributed by atoms with van der Waals surface area (Å²) in [6.45, 7) is 2.72. The molecule has 3 heteroatoms. The zero-order valence-corrected chi connectivity index (χ0v) is 13.4. The summed E-state index contributed by atoms with van der Waals surface area (Å²) in [6.07, 6.45) is 10.3. The van der Waals surface area contributed by atoms with Crippen molar-refractivity contribution in [1.82, 2.24) is 4.90 Å². The van der Waals surface area contributed by atoms with Gasteiger partial charge in [0.2, 0.25) is 0 Å². The van der Waals surface area contributed by atoms with Crippen LogP contribution in [0.4, 0.5) is 10.5 Å². The average Bonchev–Trinajstić information content (AvgIpc) is 3.15. The van der Waals surface area contributed by atoms with Gasteiger partial charge in [0, 0.05) is 25.3 Å². The molecule has 2 fully saturated rings. The topological polar surface area (TPSA) is 23.6 Å². The van der Waals surface area contributed by atoms with Crippen LogP contribution in [-0.2, 0) is 12.8 Å². The SMILES string of the molecule is O=C1N(CC2CCCCC2)CCN1c1ccc2c(c1)CCC2. The number of hydrogen-bond acceptors (Lipinski definition) is 1.